The minimum absolute atomic E-state index is 0.333. The number of benzene rings is 1. The second kappa shape index (κ2) is 8.26. The zero-order valence-electron chi connectivity index (χ0n) is 11.5. The van der Waals surface area contributed by atoms with E-state index in [2.05, 4.69) is 29.2 Å². The van der Waals surface area contributed by atoms with Crippen molar-refractivity contribution >= 4 is 17.7 Å². The molecular weight excluding hydrogens is 254 g/mol. The molecule has 1 aromatic rings. The molecule has 0 atom stereocenters. The summed E-state index contributed by atoms with van der Waals surface area (Å²) < 4.78 is 0. The van der Waals surface area contributed by atoms with Gasteiger partial charge < -0.3 is 4.90 Å². The molecule has 0 aliphatic carbocycles. The van der Waals surface area contributed by atoms with Crippen molar-refractivity contribution in [2.45, 2.75) is 32.1 Å². The van der Waals surface area contributed by atoms with Crippen molar-refractivity contribution in [1.29, 1.82) is 0 Å². The first-order valence-electron chi connectivity index (χ1n) is 7.26. The molecule has 104 valence electrons. The Hall–Kier alpha value is -0.960. The zero-order valence-corrected chi connectivity index (χ0v) is 12.3. The highest BCUT2D eigenvalue weighted by Crippen LogP contribution is 2.12. The average molecular weight is 277 g/mol. The maximum atomic E-state index is 12.1. The van der Waals surface area contributed by atoms with Crippen LogP contribution in [0.15, 0.2) is 30.3 Å². The highest BCUT2D eigenvalue weighted by atomic mass is 32.2. The van der Waals surface area contributed by atoms with E-state index in [1.807, 2.05) is 6.07 Å². The lowest BCUT2D eigenvalue weighted by atomic mass is 10.2. The summed E-state index contributed by atoms with van der Waals surface area (Å²) in [5.41, 5.74) is 1.36. The molecule has 1 amide bonds. The number of hydrogen-bond acceptors (Lipinski definition) is 2. The molecule has 0 N–H and O–H groups in total. The van der Waals surface area contributed by atoms with E-state index >= 15 is 0 Å². The number of carbonyl (C=O) groups excluding carboxylic acids is 1. The van der Waals surface area contributed by atoms with E-state index in [-0.39, 0.29) is 0 Å². The first kappa shape index (κ1) is 14.4. The maximum Gasteiger partial charge on any atom is 0.232 e. The molecule has 1 saturated heterocycles. The molecule has 1 fully saturated rings. The molecular formula is C16H23NOS. The molecule has 0 unspecified atom stereocenters. The molecule has 0 radical (unpaired) electrons. The fourth-order valence-corrected chi connectivity index (χ4v) is 3.29. The molecule has 19 heavy (non-hydrogen) atoms. The van der Waals surface area contributed by atoms with Crippen LogP contribution in [0.4, 0.5) is 0 Å². The summed E-state index contributed by atoms with van der Waals surface area (Å²) in [6, 6.07) is 10.5. The van der Waals surface area contributed by atoms with Gasteiger partial charge in [0, 0.05) is 13.1 Å². The summed E-state index contributed by atoms with van der Waals surface area (Å²) in [6.45, 7) is 1.94. The smallest absolute Gasteiger partial charge is 0.232 e. The van der Waals surface area contributed by atoms with Gasteiger partial charge in [0.25, 0.3) is 0 Å². The SMILES string of the molecule is O=C(CSCCc1ccccc1)N1CCCCCC1. The first-order valence-corrected chi connectivity index (χ1v) is 8.41. The van der Waals surface area contributed by atoms with Gasteiger partial charge in [0.1, 0.15) is 0 Å². The quantitative estimate of drug-likeness (QED) is 0.769. The number of hydrogen-bond donors (Lipinski definition) is 0. The van der Waals surface area contributed by atoms with Gasteiger partial charge in [-0.2, -0.15) is 11.8 Å². The molecule has 1 aliphatic heterocycles. The number of nitrogens with zero attached hydrogens (tertiary/aromatic N) is 1. The lowest BCUT2D eigenvalue weighted by Gasteiger charge is -2.19. The van der Waals surface area contributed by atoms with Crippen LogP contribution in [-0.4, -0.2) is 35.4 Å². The molecule has 3 heteroatoms. The Morgan fingerprint density at radius 1 is 1.05 bits per heavy atom. The second-order valence-corrected chi connectivity index (χ2v) is 6.19. The molecule has 1 heterocycles. The summed E-state index contributed by atoms with van der Waals surface area (Å²) in [5.74, 6) is 2.01. The molecule has 2 rings (SSSR count). The van der Waals surface area contributed by atoms with Crippen LogP contribution in [0.3, 0.4) is 0 Å². The standard InChI is InChI=1S/C16H23NOS/c18-16(17-11-6-1-2-7-12-17)14-19-13-10-15-8-4-3-5-9-15/h3-5,8-9H,1-2,6-7,10-14H2. The van der Waals surface area contributed by atoms with E-state index in [1.54, 1.807) is 11.8 Å². The van der Waals surface area contributed by atoms with Gasteiger partial charge in [0.05, 0.1) is 5.75 Å². The Morgan fingerprint density at radius 2 is 1.74 bits per heavy atom. The van der Waals surface area contributed by atoms with E-state index < -0.39 is 0 Å². The van der Waals surface area contributed by atoms with Crippen LogP contribution in [0.25, 0.3) is 0 Å². The van der Waals surface area contributed by atoms with Gasteiger partial charge >= 0.3 is 0 Å². The third-order valence-electron chi connectivity index (χ3n) is 3.56. The van der Waals surface area contributed by atoms with E-state index in [9.17, 15) is 4.79 Å². The summed E-state index contributed by atoms with van der Waals surface area (Å²) in [7, 11) is 0. The van der Waals surface area contributed by atoms with E-state index in [0.717, 1.165) is 25.3 Å². The predicted octanol–water partition coefficient (Wildman–Crippen LogP) is 3.36. The van der Waals surface area contributed by atoms with Gasteiger partial charge in [-0.1, -0.05) is 43.2 Å². The van der Waals surface area contributed by atoms with Crippen LogP contribution in [0.1, 0.15) is 31.2 Å². The summed E-state index contributed by atoms with van der Waals surface area (Å²) >= 11 is 1.77. The lowest BCUT2D eigenvalue weighted by molar-refractivity contribution is -0.128. The van der Waals surface area contributed by atoms with Gasteiger partial charge in [-0.05, 0) is 30.6 Å². The third kappa shape index (κ3) is 5.27. The third-order valence-corrected chi connectivity index (χ3v) is 4.51. The largest absolute Gasteiger partial charge is 0.342 e. The van der Waals surface area contributed by atoms with Gasteiger partial charge in [-0.15, -0.1) is 0 Å². The molecule has 1 aliphatic rings. The number of rotatable bonds is 5. The Balaban J connectivity index is 1.63. The van der Waals surface area contributed by atoms with E-state index in [0.29, 0.717) is 11.7 Å². The van der Waals surface area contributed by atoms with Crippen molar-refractivity contribution in [2.24, 2.45) is 0 Å². The topological polar surface area (TPSA) is 20.3 Å². The van der Waals surface area contributed by atoms with Crippen molar-refractivity contribution in [2.75, 3.05) is 24.6 Å². The minimum Gasteiger partial charge on any atom is -0.342 e. The van der Waals surface area contributed by atoms with Crippen molar-refractivity contribution in [3.63, 3.8) is 0 Å². The Labute approximate surface area is 120 Å². The molecule has 0 bridgehead atoms. The maximum absolute atomic E-state index is 12.1. The second-order valence-electron chi connectivity index (χ2n) is 5.08. The number of amides is 1. The summed E-state index contributed by atoms with van der Waals surface area (Å²) in [4.78, 5) is 14.1. The summed E-state index contributed by atoms with van der Waals surface area (Å²) in [5, 5.41) is 0. The predicted molar refractivity (Wildman–Crippen MR) is 82.5 cm³/mol. The van der Waals surface area contributed by atoms with Crippen molar-refractivity contribution in [3.05, 3.63) is 35.9 Å². The van der Waals surface area contributed by atoms with Crippen LogP contribution >= 0.6 is 11.8 Å². The molecule has 0 aromatic heterocycles. The van der Waals surface area contributed by atoms with Crippen molar-refractivity contribution in [3.8, 4) is 0 Å². The van der Waals surface area contributed by atoms with Crippen LogP contribution in [0, 0.1) is 0 Å². The number of carbonyl (C=O) groups is 1. The fraction of sp³-hybridized carbons (Fsp3) is 0.562. The Morgan fingerprint density at radius 3 is 2.42 bits per heavy atom. The Kier molecular flexibility index (Phi) is 6.28. The number of aryl methyl sites for hydroxylation is 1. The highest BCUT2D eigenvalue weighted by molar-refractivity contribution is 7.99. The fourth-order valence-electron chi connectivity index (χ4n) is 2.41. The Bertz CT molecular complexity index is 372. The summed E-state index contributed by atoms with van der Waals surface area (Å²) in [6.07, 6.45) is 5.98. The van der Waals surface area contributed by atoms with Crippen LogP contribution in [0.2, 0.25) is 0 Å². The molecule has 1 aromatic carbocycles. The first-order chi connectivity index (χ1) is 9.36. The van der Waals surface area contributed by atoms with E-state index in [1.165, 1.54) is 31.2 Å². The van der Waals surface area contributed by atoms with Crippen LogP contribution in [-0.2, 0) is 11.2 Å². The molecule has 0 saturated carbocycles. The average Bonchev–Trinajstić information content (AvgIpc) is 2.73. The number of likely N-dealkylation sites (tertiary alicyclic amines) is 1. The highest BCUT2D eigenvalue weighted by Gasteiger charge is 2.14. The monoisotopic (exact) mass is 277 g/mol. The van der Waals surface area contributed by atoms with Gasteiger partial charge in [0.15, 0.2) is 0 Å². The van der Waals surface area contributed by atoms with Gasteiger partial charge in [0.2, 0.25) is 5.91 Å². The van der Waals surface area contributed by atoms with Gasteiger partial charge in [-0.25, -0.2) is 0 Å². The number of thioether (sulfide) groups is 1. The van der Waals surface area contributed by atoms with Crippen molar-refractivity contribution in [1.82, 2.24) is 4.90 Å². The normalized spacial score (nSPS) is 16.1. The minimum atomic E-state index is 0.333. The zero-order chi connectivity index (χ0) is 13.3. The van der Waals surface area contributed by atoms with E-state index in [4.69, 9.17) is 0 Å². The molecule has 0 spiro atoms. The molecule has 2 nitrogen and oxygen atoms in total. The van der Waals surface area contributed by atoms with Crippen molar-refractivity contribution < 1.29 is 4.79 Å². The van der Waals surface area contributed by atoms with Gasteiger partial charge in [-0.3, -0.25) is 4.79 Å². The van der Waals surface area contributed by atoms with Crippen LogP contribution in [0.5, 0.6) is 0 Å². The lowest BCUT2D eigenvalue weighted by Crippen LogP contribution is -2.33. The van der Waals surface area contributed by atoms with Crippen LogP contribution < -0.4 is 0 Å².